The SMILES string of the molecule is COc1cc(C=C(C#N)C#N)cc(Cl)c1OC(=O)c1ccccc1. The number of halogens is 1. The molecule has 0 aliphatic rings. The fourth-order valence-electron chi connectivity index (χ4n) is 1.90. The summed E-state index contributed by atoms with van der Waals surface area (Å²) < 4.78 is 10.5. The van der Waals surface area contributed by atoms with Gasteiger partial charge in [-0.15, -0.1) is 0 Å². The van der Waals surface area contributed by atoms with Gasteiger partial charge in [-0.05, 0) is 35.9 Å². The molecule has 0 unspecified atom stereocenters. The second kappa shape index (κ2) is 7.82. The van der Waals surface area contributed by atoms with E-state index in [-0.39, 0.29) is 22.1 Å². The largest absolute Gasteiger partial charge is 0.493 e. The highest BCUT2D eigenvalue weighted by Crippen LogP contribution is 2.37. The van der Waals surface area contributed by atoms with Crippen LogP contribution in [0.2, 0.25) is 5.02 Å². The van der Waals surface area contributed by atoms with Gasteiger partial charge in [-0.2, -0.15) is 10.5 Å². The number of hydrogen-bond donors (Lipinski definition) is 0. The molecule has 118 valence electrons. The molecule has 0 saturated carbocycles. The quantitative estimate of drug-likeness (QED) is 0.478. The van der Waals surface area contributed by atoms with Crippen LogP contribution in [0.4, 0.5) is 0 Å². The lowest BCUT2D eigenvalue weighted by atomic mass is 10.1. The molecule has 0 bridgehead atoms. The highest BCUT2D eigenvalue weighted by Gasteiger charge is 2.17. The van der Waals surface area contributed by atoms with Crippen molar-refractivity contribution < 1.29 is 14.3 Å². The van der Waals surface area contributed by atoms with E-state index in [0.717, 1.165) is 0 Å². The van der Waals surface area contributed by atoms with E-state index in [9.17, 15) is 4.79 Å². The Balaban J connectivity index is 2.38. The van der Waals surface area contributed by atoms with Gasteiger partial charge in [0.25, 0.3) is 0 Å². The molecule has 0 spiro atoms. The molecule has 0 aliphatic carbocycles. The number of nitriles is 2. The second-order valence-corrected chi connectivity index (χ2v) is 4.98. The van der Waals surface area contributed by atoms with Crippen molar-refractivity contribution in [2.75, 3.05) is 7.11 Å². The van der Waals surface area contributed by atoms with Gasteiger partial charge in [0.2, 0.25) is 0 Å². The van der Waals surface area contributed by atoms with Gasteiger partial charge in [0.15, 0.2) is 11.5 Å². The van der Waals surface area contributed by atoms with E-state index >= 15 is 0 Å². The van der Waals surface area contributed by atoms with Crippen LogP contribution in [0.3, 0.4) is 0 Å². The molecule has 5 nitrogen and oxygen atoms in total. The van der Waals surface area contributed by atoms with Crippen LogP contribution in [0.5, 0.6) is 11.5 Å². The minimum Gasteiger partial charge on any atom is -0.493 e. The number of benzene rings is 2. The molecule has 0 atom stereocenters. The molecule has 0 radical (unpaired) electrons. The minimum absolute atomic E-state index is 0.0700. The highest BCUT2D eigenvalue weighted by molar-refractivity contribution is 6.32. The lowest BCUT2D eigenvalue weighted by molar-refractivity contribution is 0.0730. The van der Waals surface area contributed by atoms with Gasteiger partial charge in [-0.25, -0.2) is 4.79 Å². The smallest absolute Gasteiger partial charge is 0.343 e. The number of methoxy groups -OCH3 is 1. The van der Waals surface area contributed by atoms with Crippen molar-refractivity contribution >= 4 is 23.6 Å². The Hall–Kier alpha value is -3.28. The Kier molecular flexibility index (Phi) is 5.57. The zero-order valence-electron chi connectivity index (χ0n) is 12.6. The van der Waals surface area contributed by atoms with Gasteiger partial charge in [0, 0.05) is 0 Å². The number of rotatable bonds is 4. The summed E-state index contributed by atoms with van der Waals surface area (Å²) in [6, 6.07) is 15.0. The zero-order valence-corrected chi connectivity index (χ0v) is 13.4. The summed E-state index contributed by atoms with van der Waals surface area (Å²) in [6.45, 7) is 0. The number of hydrogen-bond acceptors (Lipinski definition) is 5. The fourth-order valence-corrected chi connectivity index (χ4v) is 2.16. The summed E-state index contributed by atoms with van der Waals surface area (Å²) in [5.41, 5.74) is 0.771. The van der Waals surface area contributed by atoms with Gasteiger partial charge in [-0.3, -0.25) is 0 Å². The van der Waals surface area contributed by atoms with Gasteiger partial charge >= 0.3 is 5.97 Å². The van der Waals surface area contributed by atoms with Gasteiger partial charge < -0.3 is 9.47 Å². The van der Waals surface area contributed by atoms with E-state index < -0.39 is 5.97 Å². The lowest BCUT2D eigenvalue weighted by Gasteiger charge is -2.12. The van der Waals surface area contributed by atoms with Crippen LogP contribution in [0.1, 0.15) is 15.9 Å². The van der Waals surface area contributed by atoms with Crippen LogP contribution in [-0.4, -0.2) is 13.1 Å². The maximum absolute atomic E-state index is 12.2. The van der Waals surface area contributed by atoms with Crippen LogP contribution in [0, 0.1) is 22.7 Å². The van der Waals surface area contributed by atoms with Crippen molar-refractivity contribution in [1.29, 1.82) is 10.5 Å². The molecule has 0 fully saturated rings. The van der Waals surface area contributed by atoms with Crippen LogP contribution >= 0.6 is 11.6 Å². The standard InChI is InChI=1S/C18H11ClN2O3/c1-23-16-9-12(7-13(10-20)11-21)8-15(19)17(16)24-18(22)14-5-3-2-4-6-14/h2-9H,1H3. The third-order valence-corrected chi connectivity index (χ3v) is 3.29. The van der Waals surface area contributed by atoms with Gasteiger partial charge in [0.05, 0.1) is 17.7 Å². The average molecular weight is 339 g/mol. The van der Waals surface area contributed by atoms with E-state index in [4.69, 9.17) is 31.6 Å². The first-order valence-electron chi connectivity index (χ1n) is 6.75. The Morgan fingerprint density at radius 3 is 2.42 bits per heavy atom. The molecule has 0 amide bonds. The summed E-state index contributed by atoms with van der Waals surface area (Å²) in [7, 11) is 1.40. The van der Waals surface area contributed by atoms with Crippen molar-refractivity contribution in [2.45, 2.75) is 0 Å². The highest BCUT2D eigenvalue weighted by atomic mass is 35.5. The van der Waals surface area contributed by atoms with Crippen LogP contribution in [0.15, 0.2) is 48.0 Å². The molecule has 24 heavy (non-hydrogen) atoms. The monoisotopic (exact) mass is 338 g/mol. The molecule has 0 aliphatic heterocycles. The Morgan fingerprint density at radius 1 is 1.17 bits per heavy atom. The van der Waals surface area contributed by atoms with Gasteiger partial charge in [-0.1, -0.05) is 29.8 Å². The first kappa shape index (κ1) is 17.1. The molecule has 2 rings (SSSR count). The van der Waals surface area contributed by atoms with E-state index in [1.54, 1.807) is 42.5 Å². The van der Waals surface area contributed by atoms with Crippen molar-refractivity contribution in [1.82, 2.24) is 0 Å². The Morgan fingerprint density at radius 2 is 1.83 bits per heavy atom. The van der Waals surface area contributed by atoms with E-state index in [0.29, 0.717) is 11.1 Å². The maximum atomic E-state index is 12.2. The topological polar surface area (TPSA) is 83.1 Å². The summed E-state index contributed by atoms with van der Waals surface area (Å²) in [6.07, 6.45) is 1.36. The molecule has 0 N–H and O–H groups in total. The summed E-state index contributed by atoms with van der Waals surface area (Å²) in [4.78, 5) is 12.2. The van der Waals surface area contributed by atoms with Crippen LogP contribution < -0.4 is 9.47 Å². The van der Waals surface area contributed by atoms with Crippen molar-refractivity contribution in [3.8, 4) is 23.6 Å². The molecular weight excluding hydrogens is 328 g/mol. The third-order valence-electron chi connectivity index (χ3n) is 3.01. The minimum atomic E-state index is -0.575. The number of carbonyl (C=O) groups is 1. The molecule has 2 aromatic carbocycles. The maximum Gasteiger partial charge on any atom is 0.343 e. The van der Waals surface area contributed by atoms with Crippen molar-refractivity contribution in [3.63, 3.8) is 0 Å². The Labute approximate surface area is 143 Å². The molecule has 0 aromatic heterocycles. The fraction of sp³-hybridized carbons (Fsp3) is 0.0556. The second-order valence-electron chi connectivity index (χ2n) is 4.57. The number of ether oxygens (including phenoxy) is 2. The number of esters is 1. The van der Waals surface area contributed by atoms with Crippen molar-refractivity contribution in [3.05, 3.63) is 64.2 Å². The predicted octanol–water partition coefficient (Wildman–Crippen LogP) is 4.00. The summed E-state index contributed by atoms with van der Waals surface area (Å²) in [5, 5.41) is 17.7. The molecular formula is C18H11ClN2O3. The van der Waals surface area contributed by atoms with Crippen molar-refractivity contribution in [2.24, 2.45) is 0 Å². The van der Waals surface area contributed by atoms with Crippen LogP contribution in [-0.2, 0) is 0 Å². The first-order chi connectivity index (χ1) is 11.6. The average Bonchev–Trinajstić information content (AvgIpc) is 2.62. The third kappa shape index (κ3) is 3.92. The van der Waals surface area contributed by atoms with E-state index in [1.165, 1.54) is 25.3 Å². The lowest BCUT2D eigenvalue weighted by Crippen LogP contribution is -2.09. The molecule has 0 heterocycles. The number of carbonyl (C=O) groups excluding carboxylic acids is 1. The van der Waals surface area contributed by atoms with Crippen LogP contribution in [0.25, 0.3) is 6.08 Å². The van der Waals surface area contributed by atoms with E-state index in [1.807, 2.05) is 0 Å². The Bertz CT molecular complexity index is 862. The number of allylic oxidation sites excluding steroid dienone is 1. The summed E-state index contributed by atoms with van der Waals surface area (Å²) in [5.74, 6) is -0.289. The number of nitrogens with zero attached hydrogens (tertiary/aromatic N) is 2. The molecule has 0 saturated heterocycles. The predicted molar refractivity (Wildman–Crippen MR) is 88.6 cm³/mol. The van der Waals surface area contributed by atoms with E-state index in [2.05, 4.69) is 0 Å². The normalized spacial score (nSPS) is 9.33. The summed E-state index contributed by atoms with van der Waals surface area (Å²) >= 11 is 6.16. The molecule has 2 aromatic rings. The van der Waals surface area contributed by atoms with Gasteiger partial charge in [0.1, 0.15) is 17.7 Å². The zero-order chi connectivity index (χ0) is 17.5. The first-order valence-corrected chi connectivity index (χ1v) is 7.13. The molecule has 6 heteroatoms.